The number of anilines is 1. The first kappa shape index (κ1) is 15.8. The van der Waals surface area contributed by atoms with Crippen molar-refractivity contribution in [2.45, 2.75) is 6.54 Å². The minimum atomic E-state index is -0.267. The van der Waals surface area contributed by atoms with Crippen molar-refractivity contribution < 1.29 is 9.21 Å². The SMILES string of the molecule is O=C(c1ccoc1)n1nc(-c2ccccn2)cc1NCc1ccccc1. The van der Waals surface area contributed by atoms with Crippen molar-refractivity contribution in [1.29, 1.82) is 0 Å². The van der Waals surface area contributed by atoms with Gasteiger partial charge in [0.25, 0.3) is 5.91 Å². The van der Waals surface area contributed by atoms with Crippen LogP contribution in [0.1, 0.15) is 15.9 Å². The number of carbonyl (C=O) groups excluding carboxylic acids is 1. The molecule has 1 aromatic carbocycles. The summed E-state index contributed by atoms with van der Waals surface area (Å²) in [6.45, 7) is 0.576. The van der Waals surface area contributed by atoms with Crippen molar-refractivity contribution in [2.75, 3.05) is 5.32 Å². The summed E-state index contributed by atoms with van der Waals surface area (Å²) in [6, 6.07) is 19.0. The Morgan fingerprint density at radius 1 is 1.04 bits per heavy atom. The molecule has 0 saturated carbocycles. The zero-order valence-electron chi connectivity index (χ0n) is 13.9. The van der Waals surface area contributed by atoms with Crippen LogP contribution in [0.25, 0.3) is 11.4 Å². The molecule has 0 saturated heterocycles. The number of hydrogen-bond donors (Lipinski definition) is 1. The summed E-state index contributed by atoms with van der Waals surface area (Å²) in [5.74, 6) is 0.331. The molecule has 4 rings (SSSR count). The van der Waals surface area contributed by atoms with Crippen LogP contribution in [0.5, 0.6) is 0 Å². The molecule has 1 N–H and O–H groups in total. The summed E-state index contributed by atoms with van der Waals surface area (Å²) in [5, 5.41) is 7.73. The first-order chi connectivity index (χ1) is 12.8. The second kappa shape index (κ2) is 7.06. The number of rotatable bonds is 5. The highest BCUT2D eigenvalue weighted by molar-refractivity contribution is 5.97. The Bertz CT molecular complexity index is 993. The van der Waals surface area contributed by atoms with Crippen LogP contribution in [0.2, 0.25) is 0 Å². The molecule has 0 aliphatic rings. The van der Waals surface area contributed by atoms with Gasteiger partial charge in [0.05, 0.1) is 17.5 Å². The van der Waals surface area contributed by atoms with E-state index in [9.17, 15) is 4.79 Å². The second-order valence-electron chi connectivity index (χ2n) is 5.70. The quantitative estimate of drug-likeness (QED) is 0.595. The third kappa shape index (κ3) is 3.25. The normalized spacial score (nSPS) is 10.6. The molecular weight excluding hydrogens is 328 g/mol. The van der Waals surface area contributed by atoms with Gasteiger partial charge < -0.3 is 9.73 Å². The summed E-state index contributed by atoms with van der Waals surface area (Å²) in [5.41, 5.74) is 2.87. The first-order valence-electron chi connectivity index (χ1n) is 8.17. The molecule has 26 heavy (non-hydrogen) atoms. The predicted octanol–water partition coefficient (Wildman–Crippen LogP) is 3.84. The van der Waals surface area contributed by atoms with Gasteiger partial charge in [0.1, 0.15) is 17.8 Å². The van der Waals surface area contributed by atoms with E-state index in [-0.39, 0.29) is 5.91 Å². The Morgan fingerprint density at radius 2 is 1.88 bits per heavy atom. The van der Waals surface area contributed by atoms with E-state index < -0.39 is 0 Å². The molecule has 0 unspecified atom stereocenters. The van der Waals surface area contributed by atoms with E-state index in [1.54, 1.807) is 12.3 Å². The first-order valence-corrected chi connectivity index (χ1v) is 8.17. The summed E-state index contributed by atoms with van der Waals surface area (Å²) >= 11 is 0. The molecule has 0 radical (unpaired) electrons. The van der Waals surface area contributed by atoms with Crippen LogP contribution < -0.4 is 5.32 Å². The maximum absolute atomic E-state index is 12.8. The van der Waals surface area contributed by atoms with Crippen molar-refractivity contribution in [3.8, 4) is 11.4 Å². The van der Waals surface area contributed by atoms with Gasteiger partial charge in [-0.15, -0.1) is 0 Å². The van der Waals surface area contributed by atoms with E-state index in [0.29, 0.717) is 29.3 Å². The van der Waals surface area contributed by atoms with Crippen molar-refractivity contribution in [3.63, 3.8) is 0 Å². The van der Waals surface area contributed by atoms with Gasteiger partial charge in [-0.3, -0.25) is 9.78 Å². The second-order valence-corrected chi connectivity index (χ2v) is 5.70. The highest BCUT2D eigenvalue weighted by atomic mass is 16.3. The molecule has 0 amide bonds. The molecule has 0 bridgehead atoms. The van der Waals surface area contributed by atoms with Crippen LogP contribution >= 0.6 is 0 Å². The third-order valence-electron chi connectivity index (χ3n) is 3.91. The maximum Gasteiger partial charge on any atom is 0.283 e. The van der Waals surface area contributed by atoms with Gasteiger partial charge in [-0.25, -0.2) is 0 Å². The van der Waals surface area contributed by atoms with Crippen LogP contribution in [0.4, 0.5) is 5.82 Å². The Morgan fingerprint density at radius 3 is 2.62 bits per heavy atom. The van der Waals surface area contributed by atoms with E-state index in [0.717, 1.165) is 5.56 Å². The Kier molecular flexibility index (Phi) is 4.30. The molecule has 3 aromatic heterocycles. The summed E-state index contributed by atoms with van der Waals surface area (Å²) < 4.78 is 6.37. The van der Waals surface area contributed by atoms with Gasteiger partial charge in [0.15, 0.2) is 0 Å². The zero-order chi connectivity index (χ0) is 17.8. The van der Waals surface area contributed by atoms with Crippen LogP contribution in [-0.2, 0) is 6.54 Å². The number of furan rings is 1. The fourth-order valence-corrected chi connectivity index (χ4v) is 2.60. The van der Waals surface area contributed by atoms with Crippen molar-refractivity contribution in [2.24, 2.45) is 0 Å². The summed E-state index contributed by atoms with van der Waals surface area (Å²) in [6.07, 6.45) is 4.57. The number of carbonyl (C=O) groups is 1. The predicted molar refractivity (Wildman–Crippen MR) is 97.7 cm³/mol. The van der Waals surface area contributed by atoms with E-state index in [2.05, 4.69) is 15.4 Å². The smallest absolute Gasteiger partial charge is 0.283 e. The Hall–Kier alpha value is -3.67. The molecule has 6 nitrogen and oxygen atoms in total. The summed E-state index contributed by atoms with van der Waals surface area (Å²) in [4.78, 5) is 17.1. The lowest BCUT2D eigenvalue weighted by Gasteiger charge is -2.08. The van der Waals surface area contributed by atoms with Crippen molar-refractivity contribution in [1.82, 2.24) is 14.8 Å². The number of benzene rings is 1. The van der Waals surface area contributed by atoms with E-state index in [1.165, 1.54) is 17.2 Å². The average Bonchev–Trinajstić information content (AvgIpc) is 3.38. The molecule has 0 spiro atoms. The zero-order valence-corrected chi connectivity index (χ0v) is 13.9. The van der Waals surface area contributed by atoms with Gasteiger partial charge in [-0.2, -0.15) is 9.78 Å². The Labute approximate surface area is 150 Å². The lowest BCUT2D eigenvalue weighted by molar-refractivity contribution is 0.0947. The van der Waals surface area contributed by atoms with Crippen LogP contribution in [-0.4, -0.2) is 20.7 Å². The molecule has 128 valence electrons. The maximum atomic E-state index is 12.8. The monoisotopic (exact) mass is 344 g/mol. The lowest BCUT2D eigenvalue weighted by atomic mass is 10.2. The minimum Gasteiger partial charge on any atom is -0.472 e. The molecule has 0 fully saturated rings. The van der Waals surface area contributed by atoms with E-state index in [1.807, 2.05) is 54.6 Å². The Balaban J connectivity index is 1.68. The molecule has 0 aliphatic carbocycles. The average molecular weight is 344 g/mol. The fraction of sp³-hybridized carbons (Fsp3) is 0.0500. The van der Waals surface area contributed by atoms with Gasteiger partial charge in [0.2, 0.25) is 0 Å². The standard InChI is InChI=1S/C20H16N4O2/c25-20(16-9-11-26-14-16)24-19(22-13-15-6-2-1-3-7-15)12-18(23-24)17-8-4-5-10-21-17/h1-12,14,22H,13H2. The molecule has 0 aliphatic heterocycles. The lowest BCUT2D eigenvalue weighted by Crippen LogP contribution is -2.16. The van der Waals surface area contributed by atoms with Crippen molar-refractivity contribution in [3.05, 3.63) is 90.5 Å². The largest absolute Gasteiger partial charge is 0.472 e. The van der Waals surface area contributed by atoms with Crippen LogP contribution in [0, 0.1) is 0 Å². The van der Waals surface area contributed by atoms with E-state index >= 15 is 0 Å². The van der Waals surface area contributed by atoms with E-state index in [4.69, 9.17) is 4.42 Å². The van der Waals surface area contributed by atoms with Gasteiger partial charge >= 0.3 is 0 Å². The third-order valence-corrected chi connectivity index (χ3v) is 3.91. The highest BCUT2D eigenvalue weighted by Gasteiger charge is 2.18. The minimum absolute atomic E-state index is 0.267. The number of nitrogens with zero attached hydrogens (tertiary/aromatic N) is 3. The molecule has 6 heteroatoms. The van der Waals surface area contributed by atoms with Crippen LogP contribution in [0.15, 0.2) is 83.8 Å². The number of aromatic nitrogens is 3. The van der Waals surface area contributed by atoms with Crippen LogP contribution in [0.3, 0.4) is 0 Å². The summed E-state index contributed by atoms with van der Waals surface area (Å²) in [7, 11) is 0. The molecule has 3 heterocycles. The fourth-order valence-electron chi connectivity index (χ4n) is 2.60. The topological polar surface area (TPSA) is 73.0 Å². The molecule has 0 atom stereocenters. The number of pyridine rings is 1. The molecular formula is C20H16N4O2. The number of nitrogens with one attached hydrogen (secondary N) is 1. The molecule has 4 aromatic rings. The van der Waals surface area contributed by atoms with Gasteiger partial charge in [-0.05, 0) is 23.8 Å². The van der Waals surface area contributed by atoms with Gasteiger partial charge in [0, 0.05) is 18.8 Å². The highest BCUT2D eigenvalue weighted by Crippen LogP contribution is 2.22. The van der Waals surface area contributed by atoms with Crippen molar-refractivity contribution >= 4 is 11.7 Å². The van der Waals surface area contributed by atoms with Gasteiger partial charge in [-0.1, -0.05) is 36.4 Å². The number of hydrogen-bond acceptors (Lipinski definition) is 5.